The van der Waals surface area contributed by atoms with Gasteiger partial charge in [-0.2, -0.15) is 5.26 Å². The largest absolute Gasteiger partial charge is 0.269 e. The van der Waals surface area contributed by atoms with Crippen LogP contribution >= 0.6 is 0 Å². The topological polar surface area (TPSA) is 61.2 Å². The van der Waals surface area contributed by atoms with Crippen LogP contribution in [0.1, 0.15) is 26.7 Å². The van der Waals surface area contributed by atoms with Crippen molar-refractivity contribution in [3.05, 3.63) is 12.2 Å². The Morgan fingerprint density at radius 2 is 1.71 bits per heavy atom. The highest BCUT2D eigenvalue weighted by Crippen LogP contribution is 2.26. The SMILES string of the molecule is CCC(C#N)(CC)N1C(=O)C=CC1=O. The molecule has 74 valence electrons. The minimum absolute atomic E-state index is 0.389. The van der Waals surface area contributed by atoms with E-state index in [2.05, 4.69) is 6.07 Å². The average Bonchev–Trinajstić information content (AvgIpc) is 2.53. The van der Waals surface area contributed by atoms with Gasteiger partial charge in [0.15, 0.2) is 0 Å². The molecule has 14 heavy (non-hydrogen) atoms. The van der Waals surface area contributed by atoms with E-state index in [1.54, 1.807) is 13.8 Å². The van der Waals surface area contributed by atoms with Gasteiger partial charge in [0.2, 0.25) is 0 Å². The van der Waals surface area contributed by atoms with Gasteiger partial charge >= 0.3 is 0 Å². The summed E-state index contributed by atoms with van der Waals surface area (Å²) in [5.41, 5.74) is -0.975. The first-order chi connectivity index (χ1) is 6.61. The van der Waals surface area contributed by atoms with Gasteiger partial charge in [-0.25, -0.2) is 0 Å². The summed E-state index contributed by atoms with van der Waals surface area (Å²) in [6.07, 6.45) is 3.33. The van der Waals surface area contributed by atoms with Crippen LogP contribution in [0.5, 0.6) is 0 Å². The van der Waals surface area contributed by atoms with Crippen LogP contribution < -0.4 is 0 Å². The lowest BCUT2D eigenvalue weighted by Crippen LogP contribution is -2.50. The molecule has 0 aromatic rings. The minimum Gasteiger partial charge on any atom is -0.269 e. The molecule has 0 bridgehead atoms. The molecule has 0 spiro atoms. The molecule has 0 aromatic carbocycles. The molecule has 0 N–H and O–H groups in total. The Balaban J connectivity index is 3.08. The molecule has 1 aliphatic rings. The number of amides is 2. The molecular formula is C10H12N2O2. The maximum absolute atomic E-state index is 11.4. The molecule has 4 heteroatoms. The molecule has 0 unspecified atom stereocenters. The Morgan fingerprint density at radius 3 is 2.00 bits per heavy atom. The van der Waals surface area contributed by atoms with Crippen LogP contribution in [0.3, 0.4) is 0 Å². The first-order valence-electron chi connectivity index (χ1n) is 4.58. The number of nitriles is 1. The third kappa shape index (κ3) is 1.31. The lowest BCUT2D eigenvalue weighted by atomic mass is 9.92. The Kier molecular flexibility index (Phi) is 2.70. The molecule has 2 amide bonds. The highest BCUT2D eigenvalue weighted by atomic mass is 16.2. The Labute approximate surface area is 82.8 Å². The standard InChI is InChI=1S/C10H12N2O2/c1-3-10(4-2,7-11)12-8(13)5-6-9(12)14/h5-6H,3-4H2,1-2H3. The molecule has 0 aliphatic carbocycles. The summed E-state index contributed by atoms with van der Waals surface area (Å²) in [5, 5.41) is 9.05. The number of rotatable bonds is 3. The van der Waals surface area contributed by atoms with Crippen molar-refractivity contribution < 1.29 is 9.59 Å². The molecule has 1 rings (SSSR count). The van der Waals surface area contributed by atoms with Crippen LogP contribution in [0.15, 0.2) is 12.2 Å². The predicted molar refractivity (Wildman–Crippen MR) is 49.9 cm³/mol. The molecular weight excluding hydrogens is 180 g/mol. The summed E-state index contributed by atoms with van der Waals surface area (Å²) < 4.78 is 0. The van der Waals surface area contributed by atoms with E-state index in [0.717, 1.165) is 4.90 Å². The van der Waals surface area contributed by atoms with Gasteiger partial charge in [0, 0.05) is 12.2 Å². The lowest BCUT2D eigenvalue weighted by molar-refractivity contribution is -0.142. The molecule has 4 nitrogen and oxygen atoms in total. The maximum atomic E-state index is 11.4. The van der Waals surface area contributed by atoms with Crippen molar-refractivity contribution in [1.29, 1.82) is 5.26 Å². The normalized spacial score (nSPS) is 16.2. The van der Waals surface area contributed by atoms with Crippen molar-refractivity contribution >= 4 is 11.8 Å². The highest BCUT2D eigenvalue weighted by Gasteiger charge is 2.42. The van der Waals surface area contributed by atoms with E-state index in [0.29, 0.717) is 12.8 Å². The zero-order valence-electron chi connectivity index (χ0n) is 8.28. The number of carbonyl (C=O) groups is 2. The Morgan fingerprint density at radius 1 is 1.29 bits per heavy atom. The quantitative estimate of drug-likeness (QED) is 0.626. The summed E-state index contributed by atoms with van der Waals surface area (Å²) in [7, 11) is 0. The first kappa shape index (κ1) is 10.5. The van der Waals surface area contributed by atoms with Gasteiger partial charge in [-0.1, -0.05) is 13.8 Å². The second-order valence-corrected chi connectivity index (χ2v) is 3.20. The first-order valence-corrected chi connectivity index (χ1v) is 4.58. The molecule has 0 saturated heterocycles. The van der Waals surface area contributed by atoms with Crippen LogP contribution in [0.2, 0.25) is 0 Å². The summed E-state index contributed by atoms with van der Waals surface area (Å²) in [6.45, 7) is 3.59. The second kappa shape index (κ2) is 3.62. The van der Waals surface area contributed by atoms with Gasteiger partial charge in [-0.05, 0) is 12.8 Å². The molecule has 0 saturated carbocycles. The van der Waals surface area contributed by atoms with Crippen LogP contribution in [0.25, 0.3) is 0 Å². The molecule has 0 atom stereocenters. The fraction of sp³-hybridized carbons (Fsp3) is 0.500. The van der Waals surface area contributed by atoms with Gasteiger partial charge in [0.1, 0.15) is 5.54 Å². The number of hydrogen-bond acceptors (Lipinski definition) is 3. The van der Waals surface area contributed by atoms with Gasteiger partial charge in [0.05, 0.1) is 6.07 Å². The fourth-order valence-electron chi connectivity index (χ4n) is 1.60. The van der Waals surface area contributed by atoms with Crippen molar-refractivity contribution in [2.24, 2.45) is 0 Å². The van der Waals surface area contributed by atoms with Crippen LogP contribution in [-0.4, -0.2) is 22.3 Å². The smallest absolute Gasteiger partial charge is 0.254 e. The molecule has 1 heterocycles. The second-order valence-electron chi connectivity index (χ2n) is 3.20. The molecule has 0 radical (unpaired) electrons. The monoisotopic (exact) mass is 192 g/mol. The zero-order valence-corrected chi connectivity index (χ0v) is 8.28. The average molecular weight is 192 g/mol. The summed E-state index contributed by atoms with van der Waals surface area (Å²) in [6, 6.07) is 2.06. The predicted octanol–water partition coefficient (Wildman–Crippen LogP) is 0.994. The maximum Gasteiger partial charge on any atom is 0.254 e. The lowest BCUT2D eigenvalue weighted by Gasteiger charge is -2.32. The third-order valence-corrected chi connectivity index (χ3v) is 2.62. The Bertz CT molecular complexity index is 317. The van der Waals surface area contributed by atoms with Crippen molar-refractivity contribution in [3.8, 4) is 6.07 Å². The number of carbonyl (C=O) groups excluding carboxylic acids is 2. The zero-order chi connectivity index (χ0) is 10.8. The third-order valence-electron chi connectivity index (χ3n) is 2.62. The molecule has 0 aromatic heterocycles. The van der Waals surface area contributed by atoms with E-state index in [9.17, 15) is 9.59 Å². The van der Waals surface area contributed by atoms with Crippen molar-refractivity contribution in [2.75, 3.05) is 0 Å². The van der Waals surface area contributed by atoms with Crippen LogP contribution in [-0.2, 0) is 9.59 Å². The van der Waals surface area contributed by atoms with E-state index in [1.165, 1.54) is 12.2 Å². The minimum atomic E-state index is -0.975. The van der Waals surface area contributed by atoms with Gasteiger partial charge in [-0.15, -0.1) is 0 Å². The van der Waals surface area contributed by atoms with Crippen molar-refractivity contribution in [1.82, 2.24) is 4.90 Å². The van der Waals surface area contributed by atoms with E-state index in [1.807, 2.05) is 0 Å². The van der Waals surface area contributed by atoms with Gasteiger partial charge in [0.25, 0.3) is 11.8 Å². The van der Waals surface area contributed by atoms with Crippen LogP contribution in [0.4, 0.5) is 0 Å². The van der Waals surface area contributed by atoms with E-state index < -0.39 is 5.54 Å². The summed E-state index contributed by atoms with van der Waals surface area (Å²) in [5.74, 6) is -0.777. The van der Waals surface area contributed by atoms with Crippen molar-refractivity contribution in [3.63, 3.8) is 0 Å². The van der Waals surface area contributed by atoms with E-state index >= 15 is 0 Å². The summed E-state index contributed by atoms with van der Waals surface area (Å²) in [4.78, 5) is 23.8. The van der Waals surface area contributed by atoms with E-state index in [-0.39, 0.29) is 11.8 Å². The molecule has 0 fully saturated rings. The molecule has 1 aliphatic heterocycles. The van der Waals surface area contributed by atoms with Crippen molar-refractivity contribution in [2.45, 2.75) is 32.2 Å². The van der Waals surface area contributed by atoms with Crippen LogP contribution in [0, 0.1) is 11.3 Å². The van der Waals surface area contributed by atoms with E-state index in [4.69, 9.17) is 5.26 Å². The number of nitrogens with zero attached hydrogens (tertiary/aromatic N) is 2. The fourth-order valence-corrected chi connectivity index (χ4v) is 1.60. The summed E-state index contributed by atoms with van der Waals surface area (Å²) >= 11 is 0. The number of hydrogen-bond donors (Lipinski definition) is 0. The highest BCUT2D eigenvalue weighted by molar-refractivity contribution is 6.13. The number of imide groups is 1. The van der Waals surface area contributed by atoms with Gasteiger partial charge in [-0.3, -0.25) is 14.5 Å². The Hall–Kier alpha value is -1.63. The van der Waals surface area contributed by atoms with Gasteiger partial charge < -0.3 is 0 Å².